The molecule has 0 unspecified atom stereocenters. The molecule has 0 radical (unpaired) electrons. The van der Waals surface area contributed by atoms with Crippen LogP contribution in [-0.4, -0.2) is 78.8 Å². The van der Waals surface area contributed by atoms with Crippen LogP contribution in [0.15, 0.2) is 42.7 Å². The Bertz CT molecular complexity index is 769. The number of likely N-dealkylation sites (tertiary alicyclic amines) is 1. The van der Waals surface area contributed by atoms with Gasteiger partial charge >= 0.3 is 0 Å². The Morgan fingerprint density at radius 1 is 1.19 bits per heavy atom. The Hall–Kier alpha value is -2.39. The summed E-state index contributed by atoms with van der Waals surface area (Å²) in [6.07, 6.45) is 4.11. The minimum atomic E-state index is -0.596. The summed E-state index contributed by atoms with van der Waals surface area (Å²) in [5, 5.41) is 23.2. The molecule has 0 bridgehead atoms. The summed E-state index contributed by atoms with van der Waals surface area (Å²) >= 11 is 0. The van der Waals surface area contributed by atoms with Gasteiger partial charge in [0, 0.05) is 38.9 Å². The van der Waals surface area contributed by atoms with E-state index >= 15 is 0 Å². The van der Waals surface area contributed by atoms with Gasteiger partial charge in [0.2, 0.25) is 0 Å². The van der Waals surface area contributed by atoms with Gasteiger partial charge in [-0.2, -0.15) is 0 Å². The van der Waals surface area contributed by atoms with Crippen molar-refractivity contribution in [1.29, 1.82) is 0 Å². The van der Waals surface area contributed by atoms with Crippen LogP contribution in [0.5, 0.6) is 17.2 Å². The molecule has 1 fully saturated rings. The zero-order chi connectivity index (χ0) is 21.9. The number of methoxy groups -OCH3 is 1. The summed E-state index contributed by atoms with van der Waals surface area (Å²) in [5.41, 5.74) is 1.07. The van der Waals surface area contributed by atoms with E-state index < -0.39 is 6.10 Å². The first-order chi connectivity index (χ1) is 15.1. The first kappa shape index (κ1) is 23.3. The molecule has 1 atom stereocenters. The van der Waals surface area contributed by atoms with Crippen molar-refractivity contribution in [3.63, 3.8) is 0 Å². The highest BCUT2D eigenvalue weighted by Gasteiger charge is 2.20. The fraction of sp³-hybridized carbons (Fsp3) is 0.522. The highest BCUT2D eigenvalue weighted by molar-refractivity contribution is 5.43. The normalized spacial score (nSPS) is 16.1. The number of aromatic nitrogens is 1. The van der Waals surface area contributed by atoms with E-state index in [2.05, 4.69) is 15.2 Å². The van der Waals surface area contributed by atoms with Crippen molar-refractivity contribution in [1.82, 2.24) is 15.2 Å². The van der Waals surface area contributed by atoms with Crippen molar-refractivity contribution < 1.29 is 24.4 Å². The van der Waals surface area contributed by atoms with Crippen molar-refractivity contribution in [3.8, 4) is 17.2 Å². The van der Waals surface area contributed by atoms with E-state index in [0.29, 0.717) is 37.7 Å². The maximum absolute atomic E-state index is 10.3. The van der Waals surface area contributed by atoms with Gasteiger partial charge in [0.15, 0.2) is 11.5 Å². The van der Waals surface area contributed by atoms with Crippen LogP contribution in [0, 0.1) is 0 Å². The minimum Gasteiger partial charge on any atom is -0.493 e. The second-order valence-corrected chi connectivity index (χ2v) is 7.70. The van der Waals surface area contributed by atoms with Gasteiger partial charge in [0.25, 0.3) is 0 Å². The van der Waals surface area contributed by atoms with Gasteiger partial charge in [0.05, 0.1) is 19.4 Å². The van der Waals surface area contributed by atoms with E-state index in [9.17, 15) is 10.2 Å². The standard InChI is InChI=1S/C23H33N3O5/c1-29-23-13-18(14-25-9-12-30-21-3-2-8-24-15-21)4-5-22(23)31-17-20(28)16-26-10-6-19(27)7-11-26/h2-5,8,13,15,19-20,25,27-28H,6-7,9-12,14,16-17H2,1H3/t20-/m1/s1. The number of piperidine rings is 1. The molecule has 2 aromatic rings. The monoisotopic (exact) mass is 431 g/mol. The van der Waals surface area contributed by atoms with Crippen molar-refractivity contribution in [2.75, 3.05) is 46.5 Å². The van der Waals surface area contributed by atoms with Gasteiger partial charge in [-0.05, 0) is 42.7 Å². The lowest BCUT2D eigenvalue weighted by Gasteiger charge is -2.30. The molecule has 8 heteroatoms. The Morgan fingerprint density at radius 3 is 2.77 bits per heavy atom. The molecule has 2 heterocycles. The van der Waals surface area contributed by atoms with Crippen LogP contribution in [0.2, 0.25) is 0 Å². The Kier molecular flexibility index (Phi) is 9.36. The predicted octanol–water partition coefficient (Wildman–Crippen LogP) is 1.46. The van der Waals surface area contributed by atoms with Crippen molar-refractivity contribution in [2.45, 2.75) is 31.6 Å². The molecular formula is C23H33N3O5. The van der Waals surface area contributed by atoms with E-state index in [1.165, 1.54) is 0 Å². The number of aliphatic hydroxyl groups is 2. The largest absolute Gasteiger partial charge is 0.493 e. The van der Waals surface area contributed by atoms with E-state index in [4.69, 9.17) is 14.2 Å². The molecule has 1 saturated heterocycles. The molecule has 0 spiro atoms. The second-order valence-electron chi connectivity index (χ2n) is 7.70. The predicted molar refractivity (Wildman–Crippen MR) is 118 cm³/mol. The number of nitrogens with zero attached hydrogens (tertiary/aromatic N) is 2. The molecule has 0 amide bonds. The summed E-state index contributed by atoms with van der Waals surface area (Å²) in [7, 11) is 1.61. The number of β-amino-alcohol motifs (C(OH)–C–C–N with tert-alkyl or cyclic N) is 1. The number of hydrogen-bond acceptors (Lipinski definition) is 8. The number of hydrogen-bond donors (Lipinski definition) is 3. The van der Waals surface area contributed by atoms with Crippen molar-refractivity contribution in [2.24, 2.45) is 0 Å². The number of aliphatic hydroxyl groups excluding tert-OH is 2. The third-order valence-electron chi connectivity index (χ3n) is 5.20. The first-order valence-electron chi connectivity index (χ1n) is 10.8. The van der Waals surface area contributed by atoms with Crippen LogP contribution < -0.4 is 19.5 Å². The zero-order valence-electron chi connectivity index (χ0n) is 18.1. The van der Waals surface area contributed by atoms with Crippen LogP contribution in [-0.2, 0) is 6.54 Å². The molecule has 3 N–H and O–H groups in total. The SMILES string of the molecule is COc1cc(CNCCOc2cccnc2)ccc1OC[C@H](O)CN1CCC(O)CC1. The summed E-state index contributed by atoms with van der Waals surface area (Å²) < 4.78 is 16.9. The molecule has 31 heavy (non-hydrogen) atoms. The van der Waals surface area contributed by atoms with E-state index in [1.54, 1.807) is 19.5 Å². The average molecular weight is 432 g/mol. The molecule has 8 nitrogen and oxygen atoms in total. The minimum absolute atomic E-state index is 0.193. The summed E-state index contributed by atoms with van der Waals surface area (Å²) in [5.74, 6) is 2.01. The Balaban J connectivity index is 1.38. The van der Waals surface area contributed by atoms with Gasteiger partial charge in [-0.3, -0.25) is 4.98 Å². The lowest BCUT2D eigenvalue weighted by atomic mass is 10.1. The van der Waals surface area contributed by atoms with Gasteiger partial charge < -0.3 is 34.6 Å². The van der Waals surface area contributed by atoms with Gasteiger partial charge in [-0.1, -0.05) is 6.07 Å². The van der Waals surface area contributed by atoms with Gasteiger partial charge in [-0.15, -0.1) is 0 Å². The number of nitrogens with one attached hydrogen (secondary N) is 1. The molecular weight excluding hydrogens is 398 g/mol. The number of rotatable bonds is 12. The third-order valence-corrected chi connectivity index (χ3v) is 5.20. The van der Waals surface area contributed by atoms with Crippen molar-refractivity contribution >= 4 is 0 Å². The molecule has 1 aliphatic rings. The third kappa shape index (κ3) is 7.99. The topological polar surface area (TPSA) is 96.3 Å². The van der Waals surface area contributed by atoms with Crippen molar-refractivity contribution in [3.05, 3.63) is 48.3 Å². The lowest BCUT2D eigenvalue weighted by molar-refractivity contribution is 0.0333. The van der Waals surface area contributed by atoms with Crippen LogP contribution in [0.1, 0.15) is 18.4 Å². The van der Waals surface area contributed by atoms with Crippen LogP contribution in [0.3, 0.4) is 0 Å². The molecule has 1 aliphatic heterocycles. The molecule has 3 rings (SSSR count). The molecule has 1 aromatic heterocycles. The maximum Gasteiger partial charge on any atom is 0.161 e. The zero-order valence-corrected chi connectivity index (χ0v) is 18.1. The average Bonchev–Trinajstić information content (AvgIpc) is 2.80. The summed E-state index contributed by atoms with van der Waals surface area (Å²) in [6, 6.07) is 9.50. The van der Waals surface area contributed by atoms with E-state index in [-0.39, 0.29) is 12.7 Å². The van der Waals surface area contributed by atoms with Crippen LogP contribution in [0.25, 0.3) is 0 Å². The fourth-order valence-electron chi connectivity index (χ4n) is 3.49. The van der Waals surface area contributed by atoms with E-state index in [0.717, 1.165) is 37.2 Å². The van der Waals surface area contributed by atoms with Gasteiger partial charge in [-0.25, -0.2) is 0 Å². The quantitative estimate of drug-likeness (QED) is 0.435. The number of pyridine rings is 1. The van der Waals surface area contributed by atoms with Gasteiger partial charge in [0.1, 0.15) is 25.1 Å². The Labute approximate surface area is 183 Å². The summed E-state index contributed by atoms with van der Waals surface area (Å²) in [6.45, 7) is 4.27. The highest BCUT2D eigenvalue weighted by Crippen LogP contribution is 2.28. The Morgan fingerprint density at radius 2 is 2.03 bits per heavy atom. The molecule has 170 valence electrons. The van der Waals surface area contributed by atoms with Crippen LogP contribution in [0.4, 0.5) is 0 Å². The first-order valence-corrected chi connectivity index (χ1v) is 10.8. The smallest absolute Gasteiger partial charge is 0.161 e. The highest BCUT2D eigenvalue weighted by atomic mass is 16.5. The fourth-order valence-corrected chi connectivity index (χ4v) is 3.49. The molecule has 0 saturated carbocycles. The van der Waals surface area contributed by atoms with Crippen LogP contribution >= 0.6 is 0 Å². The molecule has 1 aromatic carbocycles. The number of benzene rings is 1. The molecule has 0 aliphatic carbocycles. The second kappa shape index (κ2) is 12.5. The van der Waals surface area contributed by atoms with E-state index in [1.807, 2.05) is 30.3 Å². The maximum atomic E-state index is 10.3. The summed E-state index contributed by atoms with van der Waals surface area (Å²) in [4.78, 5) is 6.18. The lowest BCUT2D eigenvalue weighted by Crippen LogP contribution is -2.41. The number of ether oxygens (including phenoxy) is 3.